The Balaban J connectivity index is 1.91. The van der Waals surface area contributed by atoms with Crippen LogP contribution in [0.5, 0.6) is 0 Å². The van der Waals surface area contributed by atoms with E-state index >= 15 is 0 Å². The average Bonchev–Trinajstić information content (AvgIpc) is 2.77. The summed E-state index contributed by atoms with van der Waals surface area (Å²) in [5.41, 5.74) is 1.30. The molecule has 3 heteroatoms. The van der Waals surface area contributed by atoms with Gasteiger partial charge in [-0.3, -0.25) is 0 Å². The van der Waals surface area contributed by atoms with Crippen molar-refractivity contribution < 1.29 is 5.11 Å². The van der Waals surface area contributed by atoms with Crippen molar-refractivity contribution in [2.24, 2.45) is 5.92 Å². The second-order valence-electron chi connectivity index (χ2n) is 5.05. The molecule has 1 saturated heterocycles. The van der Waals surface area contributed by atoms with Crippen LogP contribution in [0.15, 0.2) is 24.3 Å². The molecule has 0 amide bonds. The Morgan fingerprint density at radius 3 is 3.00 bits per heavy atom. The molecule has 0 radical (unpaired) electrons. The summed E-state index contributed by atoms with van der Waals surface area (Å²) in [6.07, 6.45) is 1.12. The zero-order chi connectivity index (χ0) is 12.3. The number of aliphatic hydroxyl groups is 1. The summed E-state index contributed by atoms with van der Waals surface area (Å²) in [5, 5.41) is 9.94. The van der Waals surface area contributed by atoms with Gasteiger partial charge in [0, 0.05) is 24.7 Å². The first-order chi connectivity index (χ1) is 8.19. The Hall–Kier alpha value is -0.570. The van der Waals surface area contributed by atoms with Crippen LogP contribution in [0.4, 0.5) is 0 Å². The molecular formula is C14H20ClNO. The number of rotatable bonds is 4. The van der Waals surface area contributed by atoms with E-state index in [0.717, 1.165) is 31.1 Å². The van der Waals surface area contributed by atoms with E-state index < -0.39 is 0 Å². The Bertz CT molecular complexity index is 369. The van der Waals surface area contributed by atoms with E-state index in [0.29, 0.717) is 18.4 Å². The SMILES string of the molecule is C[C@H](CN1CC[C@H](CO)C1)c1cccc(Cl)c1. The molecule has 1 fully saturated rings. The molecule has 94 valence electrons. The van der Waals surface area contributed by atoms with Gasteiger partial charge in [0.1, 0.15) is 0 Å². The lowest BCUT2D eigenvalue weighted by atomic mass is 10.0. The Morgan fingerprint density at radius 2 is 2.35 bits per heavy atom. The van der Waals surface area contributed by atoms with Crippen molar-refractivity contribution in [3.8, 4) is 0 Å². The minimum Gasteiger partial charge on any atom is -0.396 e. The predicted octanol–water partition coefficient (Wildman–Crippen LogP) is 2.76. The number of aliphatic hydroxyl groups excluding tert-OH is 1. The summed E-state index contributed by atoms with van der Waals surface area (Å²) in [7, 11) is 0. The van der Waals surface area contributed by atoms with Crippen LogP contribution in [0.3, 0.4) is 0 Å². The molecule has 17 heavy (non-hydrogen) atoms. The van der Waals surface area contributed by atoms with E-state index in [2.05, 4.69) is 17.9 Å². The molecule has 1 aliphatic heterocycles. The Morgan fingerprint density at radius 1 is 1.53 bits per heavy atom. The van der Waals surface area contributed by atoms with Crippen molar-refractivity contribution in [1.82, 2.24) is 4.90 Å². The number of nitrogens with zero attached hydrogens (tertiary/aromatic N) is 1. The zero-order valence-electron chi connectivity index (χ0n) is 10.3. The fraction of sp³-hybridized carbons (Fsp3) is 0.571. The largest absolute Gasteiger partial charge is 0.396 e. The number of hydrogen-bond donors (Lipinski definition) is 1. The van der Waals surface area contributed by atoms with Gasteiger partial charge in [-0.25, -0.2) is 0 Å². The van der Waals surface area contributed by atoms with Crippen molar-refractivity contribution in [2.45, 2.75) is 19.3 Å². The molecule has 2 rings (SSSR count). The van der Waals surface area contributed by atoms with E-state index in [1.807, 2.05) is 18.2 Å². The molecule has 1 heterocycles. The minimum atomic E-state index is 0.321. The maximum Gasteiger partial charge on any atom is 0.0471 e. The molecule has 0 spiro atoms. The van der Waals surface area contributed by atoms with Gasteiger partial charge in [-0.1, -0.05) is 30.7 Å². The highest BCUT2D eigenvalue weighted by atomic mass is 35.5. The summed E-state index contributed by atoms with van der Waals surface area (Å²) in [5.74, 6) is 0.965. The van der Waals surface area contributed by atoms with Crippen LogP contribution in [-0.4, -0.2) is 36.2 Å². The topological polar surface area (TPSA) is 23.5 Å². The van der Waals surface area contributed by atoms with Crippen LogP contribution in [0, 0.1) is 5.92 Å². The van der Waals surface area contributed by atoms with Gasteiger partial charge in [-0.15, -0.1) is 0 Å². The summed E-state index contributed by atoms with van der Waals surface area (Å²) >= 11 is 6.00. The van der Waals surface area contributed by atoms with Gasteiger partial charge in [0.25, 0.3) is 0 Å². The normalized spacial score (nSPS) is 22.9. The third-order valence-electron chi connectivity index (χ3n) is 3.58. The van der Waals surface area contributed by atoms with Crippen molar-refractivity contribution in [2.75, 3.05) is 26.2 Å². The fourth-order valence-corrected chi connectivity index (χ4v) is 2.73. The molecule has 2 nitrogen and oxygen atoms in total. The predicted molar refractivity (Wildman–Crippen MR) is 71.5 cm³/mol. The van der Waals surface area contributed by atoms with Gasteiger partial charge in [-0.2, -0.15) is 0 Å². The van der Waals surface area contributed by atoms with Gasteiger partial charge in [-0.05, 0) is 42.5 Å². The van der Waals surface area contributed by atoms with Gasteiger partial charge in [0.2, 0.25) is 0 Å². The Labute approximate surface area is 108 Å². The first-order valence-electron chi connectivity index (χ1n) is 6.27. The minimum absolute atomic E-state index is 0.321. The summed E-state index contributed by atoms with van der Waals surface area (Å²) in [4.78, 5) is 2.44. The summed E-state index contributed by atoms with van der Waals surface area (Å²) in [6, 6.07) is 8.10. The van der Waals surface area contributed by atoms with E-state index in [1.165, 1.54) is 5.56 Å². The quantitative estimate of drug-likeness (QED) is 0.892. The van der Waals surface area contributed by atoms with Gasteiger partial charge in [0.05, 0.1) is 0 Å². The zero-order valence-corrected chi connectivity index (χ0v) is 11.0. The fourth-order valence-electron chi connectivity index (χ4n) is 2.53. The summed E-state index contributed by atoms with van der Waals surface area (Å²) in [6.45, 7) is 5.74. The third kappa shape index (κ3) is 3.44. The smallest absolute Gasteiger partial charge is 0.0471 e. The van der Waals surface area contributed by atoms with Gasteiger partial charge in [0.15, 0.2) is 0 Å². The van der Waals surface area contributed by atoms with Crippen molar-refractivity contribution in [1.29, 1.82) is 0 Å². The summed E-state index contributed by atoms with van der Waals surface area (Å²) < 4.78 is 0. The molecule has 1 aromatic rings. The van der Waals surface area contributed by atoms with E-state index in [-0.39, 0.29) is 0 Å². The molecule has 0 bridgehead atoms. The second kappa shape index (κ2) is 5.85. The lowest BCUT2D eigenvalue weighted by Gasteiger charge is -2.21. The Kier molecular flexibility index (Phi) is 4.43. The molecule has 0 saturated carbocycles. The van der Waals surface area contributed by atoms with E-state index in [1.54, 1.807) is 0 Å². The molecule has 1 aliphatic rings. The second-order valence-corrected chi connectivity index (χ2v) is 5.49. The van der Waals surface area contributed by atoms with Crippen LogP contribution in [-0.2, 0) is 0 Å². The first kappa shape index (κ1) is 12.9. The number of benzene rings is 1. The van der Waals surface area contributed by atoms with E-state index in [4.69, 9.17) is 16.7 Å². The third-order valence-corrected chi connectivity index (χ3v) is 3.81. The maximum atomic E-state index is 9.13. The highest BCUT2D eigenvalue weighted by Crippen LogP contribution is 2.23. The molecule has 0 aliphatic carbocycles. The maximum absolute atomic E-state index is 9.13. The van der Waals surface area contributed by atoms with Crippen molar-refractivity contribution >= 4 is 11.6 Å². The lowest BCUT2D eigenvalue weighted by Crippen LogP contribution is -2.26. The van der Waals surface area contributed by atoms with Crippen LogP contribution in [0.2, 0.25) is 5.02 Å². The molecule has 2 atom stereocenters. The van der Waals surface area contributed by atoms with Crippen molar-refractivity contribution in [3.63, 3.8) is 0 Å². The van der Waals surface area contributed by atoms with Gasteiger partial charge < -0.3 is 10.0 Å². The number of halogens is 1. The monoisotopic (exact) mass is 253 g/mol. The number of hydrogen-bond acceptors (Lipinski definition) is 2. The highest BCUT2D eigenvalue weighted by Gasteiger charge is 2.23. The standard InChI is InChI=1S/C14H20ClNO/c1-11(13-3-2-4-14(15)7-13)8-16-6-5-12(9-16)10-17/h2-4,7,11-12,17H,5-6,8-10H2,1H3/t11-,12+/m1/s1. The highest BCUT2D eigenvalue weighted by molar-refractivity contribution is 6.30. The van der Waals surface area contributed by atoms with Gasteiger partial charge >= 0.3 is 0 Å². The lowest BCUT2D eigenvalue weighted by molar-refractivity contribution is 0.219. The van der Waals surface area contributed by atoms with Crippen LogP contribution in [0.25, 0.3) is 0 Å². The van der Waals surface area contributed by atoms with Crippen LogP contribution >= 0.6 is 11.6 Å². The molecule has 0 aromatic heterocycles. The van der Waals surface area contributed by atoms with Crippen LogP contribution < -0.4 is 0 Å². The first-order valence-corrected chi connectivity index (χ1v) is 6.65. The molecule has 0 unspecified atom stereocenters. The molecular weight excluding hydrogens is 234 g/mol. The average molecular weight is 254 g/mol. The van der Waals surface area contributed by atoms with Crippen molar-refractivity contribution in [3.05, 3.63) is 34.9 Å². The number of likely N-dealkylation sites (tertiary alicyclic amines) is 1. The molecule has 1 N–H and O–H groups in total. The van der Waals surface area contributed by atoms with Crippen LogP contribution in [0.1, 0.15) is 24.8 Å². The molecule has 1 aromatic carbocycles. The van der Waals surface area contributed by atoms with E-state index in [9.17, 15) is 0 Å².